The normalized spacial score (nSPS) is 13.9. The van der Waals surface area contributed by atoms with Crippen molar-refractivity contribution in [2.45, 2.75) is 38.8 Å². The van der Waals surface area contributed by atoms with Crippen LogP contribution in [0.3, 0.4) is 0 Å². The molecule has 0 spiro atoms. The summed E-state index contributed by atoms with van der Waals surface area (Å²) in [5.41, 5.74) is 5.97. The van der Waals surface area contributed by atoms with E-state index in [0.717, 1.165) is 53.7 Å². The van der Waals surface area contributed by atoms with E-state index in [1.807, 2.05) is 42.5 Å². The maximum Gasteiger partial charge on any atom is 0.254 e. The van der Waals surface area contributed by atoms with Gasteiger partial charge in [0.1, 0.15) is 11.8 Å². The van der Waals surface area contributed by atoms with Crippen molar-refractivity contribution in [3.8, 4) is 5.75 Å². The minimum absolute atomic E-state index is 0.131. The fourth-order valence-corrected chi connectivity index (χ4v) is 5.40. The van der Waals surface area contributed by atoms with Crippen LogP contribution in [0.25, 0.3) is 10.9 Å². The number of pyridine rings is 1. The predicted octanol–water partition coefficient (Wildman–Crippen LogP) is 4.68. The van der Waals surface area contributed by atoms with Gasteiger partial charge in [-0.25, -0.2) is 4.68 Å². The van der Waals surface area contributed by atoms with Crippen molar-refractivity contribution in [1.82, 2.24) is 25.2 Å². The Morgan fingerprint density at radius 2 is 1.84 bits per heavy atom. The first kappa shape index (κ1) is 23.9. The Balaban J connectivity index is 1.51. The summed E-state index contributed by atoms with van der Waals surface area (Å²) < 4.78 is 7.11. The van der Waals surface area contributed by atoms with E-state index in [2.05, 4.69) is 62.7 Å². The molecule has 0 radical (unpaired) electrons. The summed E-state index contributed by atoms with van der Waals surface area (Å²) in [6.45, 7) is 3.40. The smallest absolute Gasteiger partial charge is 0.254 e. The summed E-state index contributed by atoms with van der Waals surface area (Å²) in [5, 5.41) is 13.9. The molecule has 0 fully saturated rings. The maximum atomic E-state index is 13.6. The van der Waals surface area contributed by atoms with Crippen molar-refractivity contribution in [3.05, 3.63) is 111 Å². The minimum Gasteiger partial charge on any atom is -0.497 e. The summed E-state index contributed by atoms with van der Waals surface area (Å²) in [7, 11) is 1.65. The fraction of sp³-hybridized carbons (Fsp3) is 0.267. The van der Waals surface area contributed by atoms with Crippen molar-refractivity contribution >= 4 is 16.6 Å². The number of rotatable bonds is 7. The summed E-state index contributed by atoms with van der Waals surface area (Å²) in [5.74, 6) is 1.43. The monoisotopic (exact) mass is 506 g/mol. The lowest BCUT2D eigenvalue weighted by Gasteiger charge is -2.37. The molecular formula is C30H30N6O2. The molecule has 3 aromatic carbocycles. The molecule has 0 bridgehead atoms. The Morgan fingerprint density at radius 3 is 2.66 bits per heavy atom. The fourth-order valence-electron chi connectivity index (χ4n) is 5.40. The highest BCUT2D eigenvalue weighted by Crippen LogP contribution is 2.36. The van der Waals surface area contributed by atoms with E-state index in [4.69, 9.17) is 4.74 Å². The van der Waals surface area contributed by atoms with Gasteiger partial charge in [0.25, 0.3) is 5.56 Å². The van der Waals surface area contributed by atoms with Gasteiger partial charge in [-0.05, 0) is 88.2 Å². The number of fused-ring (bicyclic) bond motifs is 2. The second kappa shape index (κ2) is 10.1. The quantitative estimate of drug-likeness (QED) is 0.345. The lowest BCUT2D eigenvalue weighted by molar-refractivity contribution is 0.414. The van der Waals surface area contributed by atoms with Gasteiger partial charge >= 0.3 is 0 Å². The van der Waals surface area contributed by atoms with Gasteiger partial charge in [-0.15, -0.1) is 5.10 Å². The van der Waals surface area contributed by atoms with E-state index < -0.39 is 6.04 Å². The Kier molecular flexibility index (Phi) is 6.37. The molecule has 192 valence electrons. The second-order valence-electron chi connectivity index (χ2n) is 9.70. The van der Waals surface area contributed by atoms with Crippen LogP contribution in [0.4, 0.5) is 5.69 Å². The van der Waals surface area contributed by atoms with Gasteiger partial charge in [0, 0.05) is 23.3 Å². The Bertz CT molecular complexity index is 1640. The zero-order valence-corrected chi connectivity index (χ0v) is 21.6. The molecule has 0 aliphatic carbocycles. The van der Waals surface area contributed by atoms with E-state index in [1.54, 1.807) is 11.8 Å². The average Bonchev–Trinajstić information content (AvgIpc) is 3.41. The number of H-pyrrole nitrogens is 1. The van der Waals surface area contributed by atoms with Crippen molar-refractivity contribution in [1.29, 1.82) is 0 Å². The minimum atomic E-state index is -0.455. The maximum absolute atomic E-state index is 13.6. The number of anilines is 1. The molecule has 3 heterocycles. The van der Waals surface area contributed by atoms with Crippen LogP contribution < -0.4 is 15.2 Å². The van der Waals surface area contributed by atoms with Gasteiger partial charge in [-0.1, -0.05) is 43.3 Å². The van der Waals surface area contributed by atoms with Gasteiger partial charge in [0.2, 0.25) is 0 Å². The van der Waals surface area contributed by atoms with Crippen molar-refractivity contribution in [2.24, 2.45) is 0 Å². The highest BCUT2D eigenvalue weighted by Gasteiger charge is 2.33. The van der Waals surface area contributed by atoms with Gasteiger partial charge in [0.15, 0.2) is 5.82 Å². The first-order valence-corrected chi connectivity index (χ1v) is 13.0. The molecule has 1 aliphatic rings. The third-order valence-electron chi connectivity index (χ3n) is 7.39. The number of hydrogen-bond acceptors (Lipinski definition) is 6. The first-order valence-electron chi connectivity index (χ1n) is 13.0. The topological polar surface area (TPSA) is 88.9 Å². The molecule has 1 atom stereocenters. The van der Waals surface area contributed by atoms with Crippen LogP contribution in [0.5, 0.6) is 5.75 Å². The third kappa shape index (κ3) is 4.42. The van der Waals surface area contributed by atoms with Crippen LogP contribution in [0, 0.1) is 0 Å². The molecule has 0 saturated heterocycles. The van der Waals surface area contributed by atoms with Gasteiger partial charge in [0.05, 0.1) is 13.7 Å². The number of aryl methyl sites for hydroxylation is 2. The highest BCUT2D eigenvalue weighted by molar-refractivity contribution is 5.80. The molecule has 1 N–H and O–H groups in total. The summed E-state index contributed by atoms with van der Waals surface area (Å²) in [4.78, 5) is 19.1. The van der Waals surface area contributed by atoms with Crippen LogP contribution in [-0.2, 0) is 19.4 Å². The molecule has 1 aliphatic heterocycles. The van der Waals surface area contributed by atoms with Crippen LogP contribution in [0.2, 0.25) is 0 Å². The molecule has 8 heteroatoms. The van der Waals surface area contributed by atoms with Crippen molar-refractivity contribution < 1.29 is 4.74 Å². The lowest BCUT2D eigenvalue weighted by Crippen LogP contribution is -2.38. The Labute approximate surface area is 220 Å². The summed E-state index contributed by atoms with van der Waals surface area (Å²) in [6.07, 6.45) is 2.91. The Hall–Kier alpha value is -4.46. The number of aromatic amines is 1. The van der Waals surface area contributed by atoms with Crippen LogP contribution in [-0.4, -0.2) is 38.8 Å². The molecule has 2 aromatic heterocycles. The van der Waals surface area contributed by atoms with E-state index in [9.17, 15) is 4.79 Å². The number of benzene rings is 3. The molecule has 0 amide bonds. The van der Waals surface area contributed by atoms with E-state index >= 15 is 0 Å². The van der Waals surface area contributed by atoms with Gasteiger partial charge in [-0.3, -0.25) is 4.79 Å². The zero-order valence-electron chi connectivity index (χ0n) is 21.6. The predicted molar refractivity (Wildman–Crippen MR) is 148 cm³/mol. The highest BCUT2D eigenvalue weighted by atomic mass is 16.5. The molecule has 5 aromatic rings. The molecular weight excluding hydrogens is 476 g/mol. The molecule has 6 rings (SSSR count). The number of tetrazole rings is 1. The first-order chi connectivity index (χ1) is 18.6. The largest absolute Gasteiger partial charge is 0.497 e. The number of para-hydroxylation sites is 1. The number of aromatic nitrogens is 5. The van der Waals surface area contributed by atoms with Crippen LogP contribution >= 0.6 is 0 Å². The third-order valence-corrected chi connectivity index (χ3v) is 7.39. The van der Waals surface area contributed by atoms with Gasteiger partial charge in [-0.2, -0.15) is 0 Å². The van der Waals surface area contributed by atoms with Crippen molar-refractivity contribution in [3.63, 3.8) is 0 Å². The molecule has 0 unspecified atom stereocenters. The number of nitrogens with zero attached hydrogens (tertiary/aromatic N) is 5. The lowest BCUT2D eigenvalue weighted by atomic mass is 9.96. The number of ether oxygens (including phenoxy) is 1. The number of methoxy groups -OCH3 is 1. The van der Waals surface area contributed by atoms with E-state index in [1.165, 1.54) is 11.1 Å². The molecule has 0 saturated carbocycles. The Morgan fingerprint density at radius 1 is 1.03 bits per heavy atom. The summed E-state index contributed by atoms with van der Waals surface area (Å²) >= 11 is 0. The van der Waals surface area contributed by atoms with Gasteiger partial charge < -0.3 is 14.6 Å². The van der Waals surface area contributed by atoms with E-state index in [0.29, 0.717) is 17.9 Å². The van der Waals surface area contributed by atoms with E-state index in [-0.39, 0.29) is 5.56 Å². The summed E-state index contributed by atoms with van der Waals surface area (Å²) in [6, 6.07) is 24.0. The number of hydrogen-bond donors (Lipinski definition) is 1. The standard InChI is InChI=1S/C30H30N6O2/c1-3-20-12-15-26-23(17-20)18-25(30(37)31-26)28(35-16-6-8-22-7-4-5-9-27(22)35)29-32-33-34-36(29)19-21-10-13-24(38-2)14-11-21/h4-5,7,9-15,17-18,28H,3,6,8,16,19H2,1-2H3,(H,31,37)/t28-/m0/s1. The number of nitrogens with one attached hydrogen (secondary N) is 1. The second-order valence-corrected chi connectivity index (χ2v) is 9.70. The zero-order chi connectivity index (χ0) is 26.1. The molecule has 38 heavy (non-hydrogen) atoms. The van der Waals surface area contributed by atoms with Crippen LogP contribution in [0.1, 0.15) is 47.5 Å². The average molecular weight is 507 g/mol. The SMILES string of the molecule is CCc1ccc2[nH]c(=O)c([C@@H](c3nnnn3Cc3ccc(OC)cc3)N3CCCc4ccccc43)cc2c1. The van der Waals surface area contributed by atoms with Crippen molar-refractivity contribution in [2.75, 3.05) is 18.6 Å². The molecule has 8 nitrogen and oxygen atoms in total. The van der Waals surface area contributed by atoms with Crippen LogP contribution in [0.15, 0.2) is 77.6 Å².